The van der Waals surface area contributed by atoms with Crippen LogP contribution in [-0.2, 0) is 6.54 Å². The number of fused-ring (bicyclic) bond motifs is 2. The molecule has 1 amide bonds. The number of aromatic nitrogens is 2. The molecule has 0 unspecified atom stereocenters. The molecule has 7 heteroatoms. The van der Waals surface area contributed by atoms with Gasteiger partial charge in [0.25, 0.3) is 5.91 Å². The summed E-state index contributed by atoms with van der Waals surface area (Å²) in [7, 11) is 4.03. The largest absolute Gasteiger partial charge is 0.362 e. The van der Waals surface area contributed by atoms with Crippen LogP contribution in [0.5, 0.6) is 0 Å². The lowest BCUT2D eigenvalue weighted by atomic mass is 9.91. The van der Waals surface area contributed by atoms with Gasteiger partial charge in [-0.1, -0.05) is 72.8 Å². The summed E-state index contributed by atoms with van der Waals surface area (Å²) < 4.78 is 0. The Balaban J connectivity index is 1.05. The second kappa shape index (κ2) is 12.8. The van der Waals surface area contributed by atoms with Crippen LogP contribution in [0.4, 0.5) is 11.8 Å². The van der Waals surface area contributed by atoms with E-state index in [-0.39, 0.29) is 11.9 Å². The molecule has 220 valence electrons. The summed E-state index contributed by atoms with van der Waals surface area (Å²) in [5.74, 6) is 1.58. The highest BCUT2D eigenvalue weighted by molar-refractivity contribution is 5.96. The van der Waals surface area contributed by atoms with Crippen molar-refractivity contribution in [3.63, 3.8) is 0 Å². The molecule has 3 N–H and O–H groups in total. The Kier molecular flexibility index (Phi) is 8.52. The molecule has 1 atom stereocenters. The van der Waals surface area contributed by atoms with Crippen LogP contribution >= 0.6 is 0 Å². The van der Waals surface area contributed by atoms with E-state index in [1.54, 1.807) is 0 Å². The van der Waals surface area contributed by atoms with Crippen LogP contribution in [0.25, 0.3) is 21.7 Å². The van der Waals surface area contributed by atoms with Gasteiger partial charge in [0.05, 0.1) is 11.6 Å². The van der Waals surface area contributed by atoms with Gasteiger partial charge in [-0.15, -0.1) is 0 Å². The lowest BCUT2D eigenvalue weighted by Gasteiger charge is -2.30. The molecule has 7 nitrogen and oxygen atoms in total. The first-order chi connectivity index (χ1) is 21.0. The van der Waals surface area contributed by atoms with Gasteiger partial charge in [-0.3, -0.25) is 4.79 Å². The van der Waals surface area contributed by atoms with Crippen LogP contribution in [0.3, 0.4) is 0 Å². The summed E-state index contributed by atoms with van der Waals surface area (Å²) in [4.78, 5) is 25.1. The van der Waals surface area contributed by atoms with E-state index in [0.717, 1.165) is 59.1 Å². The molecule has 0 radical (unpaired) electrons. The number of hydrogen-bond donors (Lipinski definition) is 3. The number of anilines is 2. The van der Waals surface area contributed by atoms with Crippen LogP contribution in [0.2, 0.25) is 0 Å². The molecule has 1 saturated carbocycles. The third kappa shape index (κ3) is 6.47. The maximum atomic E-state index is 13.4. The Morgan fingerprint density at radius 2 is 1.49 bits per heavy atom. The third-order valence-corrected chi connectivity index (χ3v) is 8.55. The van der Waals surface area contributed by atoms with Gasteiger partial charge in [0, 0.05) is 43.7 Å². The molecular formula is C36H40N6O. The fourth-order valence-electron chi connectivity index (χ4n) is 6.22. The molecule has 0 saturated heterocycles. The lowest BCUT2D eigenvalue weighted by molar-refractivity contribution is 0.0939. The van der Waals surface area contributed by atoms with Gasteiger partial charge in [0.15, 0.2) is 0 Å². The first-order valence-corrected chi connectivity index (χ1v) is 15.3. The minimum atomic E-state index is -0.109. The van der Waals surface area contributed by atoms with Gasteiger partial charge in [-0.05, 0) is 72.7 Å². The van der Waals surface area contributed by atoms with E-state index in [1.165, 1.54) is 10.8 Å². The monoisotopic (exact) mass is 572 g/mol. The maximum absolute atomic E-state index is 13.4. The average Bonchev–Trinajstić information content (AvgIpc) is 3.03. The number of nitrogens with one attached hydrogen (secondary N) is 3. The summed E-state index contributed by atoms with van der Waals surface area (Å²) in [6.07, 6.45) is 4.18. The minimum absolute atomic E-state index is 0.0433. The quantitative estimate of drug-likeness (QED) is 0.179. The van der Waals surface area contributed by atoms with Crippen molar-refractivity contribution in [3.05, 3.63) is 108 Å². The normalized spacial score (nSPS) is 17.5. The molecule has 4 aromatic carbocycles. The van der Waals surface area contributed by atoms with E-state index in [9.17, 15) is 4.79 Å². The SMILES string of the molecule is C[C@@H](NC(=O)c1ccccc1CNC1CCC(Nc2nc(N(C)C)c3ccccc3n2)CC1)c1cccc2ccccc12. The molecule has 1 aliphatic rings. The molecule has 0 spiro atoms. The van der Waals surface area contributed by atoms with Gasteiger partial charge in [-0.25, -0.2) is 4.98 Å². The number of amides is 1. The van der Waals surface area contributed by atoms with Crippen LogP contribution in [0, 0.1) is 0 Å². The number of carbonyl (C=O) groups is 1. The van der Waals surface area contributed by atoms with Gasteiger partial charge in [0.1, 0.15) is 5.82 Å². The second-order valence-corrected chi connectivity index (χ2v) is 11.8. The van der Waals surface area contributed by atoms with Crippen LogP contribution in [0.15, 0.2) is 91.0 Å². The number of para-hydroxylation sites is 1. The highest BCUT2D eigenvalue weighted by atomic mass is 16.1. The Bertz CT molecular complexity index is 1720. The predicted molar refractivity (Wildman–Crippen MR) is 177 cm³/mol. The summed E-state index contributed by atoms with van der Waals surface area (Å²) >= 11 is 0. The Labute approximate surface area is 253 Å². The fourth-order valence-corrected chi connectivity index (χ4v) is 6.22. The van der Waals surface area contributed by atoms with Gasteiger partial charge >= 0.3 is 0 Å². The van der Waals surface area contributed by atoms with E-state index >= 15 is 0 Å². The topological polar surface area (TPSA) is 82.2 Å². The molecule has 1 aromatic heterocycles. The number of nitrogens with zero attached hydrogens (tertiary/aromatic N) is 3. The Morgan fingerprint density at radius 3 is 2.30 bits per heavy atom. The third-order valence-electron chi connectivity index (χ3n) is 8.55. The van der Waals surface area contributed by atoms with Crippen molar-refractivity contribution in [1.82, 2.24) is 20.6 Å². The molecule has 0 bridgehead atoms. The number of benzene rings is 4. The van der Waals surface area contributed by atoms with Crippen LogP contribution < -0.4 is 20.9 Å². The Morgan fingerprint density at radius 1 is 0.814 bits per heavy atom. The summed E-state index contributed by atoms with van der Waals surface area (Å²) in [6, 6.07) is 31.3. The summed E-state index contributed by atoms with van der Waals surface area (Å²) in [6.45, 7) is 2.71. The maximum Gasteiger partial charge on any atom is 0.252 e. The van der Waals surface area contributed by atoms with Crippen LogP contribution in [-0.4, -0.2) is 42.1 Å². The Hall–Kier alpha value is -4.49. The molecule has 43 heavy (non-hydrogen) atoms. The fraction of sp³-hybridized carbons (Fsp3) is 0.306. The molecule has 0 aliphatic heterocycles. The van der Waals surface area contributed by atoms with Crippen molar-refractivity contribution in [2.75, 3.05) is 24.3 Å². The number of rotatable bonds is 9. The van der Waals surface area contributed by atoms with Crippen molar-refractivity contribution in [2.45, 2.75) is 57.3 Å². The van der Waals surface area contributed by atoms with E-state index in [0.29, 0.717) is 24.6 Å². The predicted octanol–water partition coefficient (Wildman–Crippen LogP) is 6.85. The van der Waals surface area contributed by atoms with Crippen LogP contribution in [0.1, 0.15) is 60.1 Å². The van der Waals surface area contributed by atoms with E-state index < -0.39 is 0 Å². The zero-order valence-corrected chi connectivity index (χ0v) is 25.2. The van der Waals surface area contributed by atoms with Crippen molar-refractivity contribution < 1.29 is 4.79 Å². The molecule has 1 aliphatic carbocycles. The first kappa shape index (κ1) is 28.6. The molecule has 1 heterocycles. The molecule has 6 rings (SSSR count). The number of carbonyl (C=O) groups excluding carboxylic acids is 1. The van der Waals surface area contributed by atoms with E-state index in [4.69, 9.17) is 9.97 Å². The highest BCUT2D eigenvalue weighted by Crippen LogP contribution is 2.27. The lowest BCUT2D eigenvalue weighted by Crippen LogP contribution is -2.37. The summed E-state index contributed by atoms with van der Waals surface area (Å²) in [5, 5.41) is 14.0. The first-order valence-electron chi connectivity index (χ1n) is 15.3. The standard InChI is InChI=1S/C36H40N6O/c1-24(29-17-10-13-25-11-4-6-14-30(25)29)38-35(43)31-15-7-5-12-26(31)23-37-27-19-21-28(22-20-27)39-36-40-33-18-9-8-16-32(33)34(41-36)42(2)3/h4-18,24,27-28,37H,19-23H2,1-3H3,(H,38,43)(H,39,40,41)/t24-,27?,28?/m1/s1. The van der Waals surface area contributed by atoms with Crippen molar-refractivity contribution in [2.24, 2.45) is 0 Å². The van der Waals surface area contributed by atoms with Gasteiger partial charge < -0.3 is 20.9 Å². The van der Waals surface area contributed by atoms with Crippen molar-refractivity contribution >= 4 is 39.3 Å². The van der Waals surface area contributed by atoms with E-state index in [1.807, 2.05) is 67.5 Å². The zero-order chi connectivity index (χ0) is 29.8. The van der Waals surface area contributed by atoms with Crippen molar-refractivity contribution in [3.8, 4) is 0 Å². The average molecular weight is 573 g/mol. The molecular weight excluding hydrogens is 532 g/mol. The van der Waals surface area contributed by atoms with Gasteiger partial charge in [-0.2, -0.15) is 4.98 Å². The van der Waals surface area contributed by atoms with E-state index in [2.05, 4.69) is 65.3 Å². The zero-order valence-electron chi connectivity index (χ0n) is 25.2. The molecule has 5 aromatic rings. The smallest absolute Gasteiger partial charge is 0.252 e. The second-order valence-electron chi connectivity index (χ2n) is 11.8. The van der Waals surface area contributed by atoms with Gasteiger partial charge in [0.2, 0.25) is 5.95 Å². The highest BCUT2D eigenvalue weighted by Gasteiger charge is 2.23. The number of hydrogen-bond acceptors (Lipinski definition) is 6. The minimum Gasteiger partial charge on any atom is -0.362 e. The molecule has 1 fully saturated rings. The van der Waals surface area contributed by atoms with Crippen molar-refractivity contribution in [1.29, 1.82) is 0 Å². The summed E-state index contributed by atoms with van der Waals surface area (Å²) in [5.41, 5.74) is 3.82.